The molecule has 0 radical (unpaired) electrons. The van der Waals surface area contributed by atoms with Gasteiger partial charge in [-0.15, -0.1) is 0 Å². The molecular weight excluding hydrogens is 362 g/mol. The molecule has 0 spiro atoms. The van der Waals surface area contributed by atoms with E-state index in [0.29, 0.717) is 24.2 Å². The Morgan fingerprint density at radius 3 is 2.96 bits per heavy atom. The zero-order valence-corrected chi connectivity index (χ0v) is 16.5. The smallest absolute Gasteiger partial charge is 0.191 e. The van der Waals surface area contributed by atoms with Crippen molar-refractivity contribution in [1.82, 2.24) is 15.6 Å². The maximum atomic E-state index is 6.26. The maximum Gasteiger partial charge on any atom is 0.191 e. The van der Waals surface area contributed by atoms with Crippen LogP contribution in [0, 0.1) is 6.92 Å². The molecular formula is C20H26ClN5O. The second-order valence-corrected chi connectivity index (χ2v) is 6.90. The zero-order chi connectivity index (χ0) is 19.1. The number of nitrogens with zero attached hydrogens (tertiary/aromatic N) is 3. The molecule has 0 aliphatic carbocycles. The Bertz CT molecular complexity index is 782. The number of aliphatic imine (C=N–C) groups is 1. The van der Waals surface area contributed by atoms with Gasteiger partial charge in [-0.3, -0.25) is 4.99 Å². The van der Waals surface area contributed by atoms with Crippen LogP contribution in [0.1, 0.15) is 12.0 Å². The third kappa shape index (κ3) is 5.26. The standard InChI is InChI=1S/C20H26ClN5O/c1-15-6-3-4-8-18(15)27-13-11-24-20(22-2)25-16-9-12-26(14-16)19-17(21)7-5-10-23-19/h3-8,10,16H,9,11-14H2,1-2H3,(H2,22,24,25). The number of halogens is 1. The van der Waals surface area contributed by atoms with Gasteiger partial charge in [0.25, 0.3) is 0 Å². The van der Waals surface area contributed by atoms with Crippen molar-refractivity contribution in [2.45, 2.75) is 19.4 Å². The molecule has 6 nitrogen and oxygen atoms in total. The Balaban J connectivity index is 1.43. The number of aryl methyl sites for hydroxylation is 1. The molecule has 1 aliphatic rings. The average Bonchev–Trinajstić information content (AvgIpc) is 3.14. The third-order valence-electron chi connectivity index (χ3n) is 4.54. The topological polar surface area (TPSA) is 61.8 Å². The summed E-state index contributed by atoms with van der Waals surface area (Å²) < 4.78 is 5.81. The first-order valence-corrected chi connectivity index (χ1v) is 9.56. The van der Waals surface area contributed by atoms with Crippen molar-refractivity contribution < 1.29 is 4.74 Å². The minimum absolute atomic E-state index is 0.298. The lowest BCUT2D eigenvalue weighted by molar-refractivity contribution is 0.319. The van der Waals surface area contributed by atoms with Crippen LogP contribution in [-0.4, -0.2) is 50.3 Å². The first kappa shape index (κ1) is 19.3. The van der Waals surface area contributed by atoms with Crippen LogP contribution in [-0.2, 0) is 0 Å². The second-order valence-electron chi connectivity index (χ2n) is 6.50. The third-order valence-corrected chi connectivity index (χ3v) is 4.83. The van der Waals surface area contributed by atoms with E-state index in [1.54, 1.807) is 13.2 Å². The van der Waals surface area contributed by atoms with Crippen molar-refractivity contribution >= 4 is 23.4 Å². The summed E-state index contributed by atoms with van der Waals surface area (Å²) in [5, 5.41) is 7.46. The monoisotopic (exact) mass is 387 g/mol. The van der Waals surface area contributed by atoms with Crippen molar-refractivity contribution in [2.24, 2.45) is 4.99 Å². The van der Waals surface area contributed by atoms with E-state index in [2.05, 4.69) is 25.5 Å². The van der Waals surface area contributed by atoms with E-state index < -0.39 is 0 Å². The molecule has 1 saturated heterocycles. The number of benzene rings is 1. The Morgan fingerprint density at radius 2 is 2.19 bits per heavy atom. The molecule has 1 unspecified atom stereocenters. The molecule has 1 fully saturated rings. The molecule has 0 saturated carbocycles. The lowest BCUT2D eigenvalue weighted by atomic mass is 10.2. The number of ether oxygens (including phenoxy) is 1. The summed E-state index contributed by atoms with van der Waals surface area (Å²) in [7, 11) is 1.78. The molecule has 3 rings (SSSR count). The molecule has 2 heterocycles. The second kappa shape index (κ2) is 9.46. The summed E-state index contributed by atoms with van der Waals surface area (Å²) in [4.78, 5) is 10.9. The fraction of sp³-hybridized carbons (Fsp3) is 0.400. The predicted molar refractivity (Wildman–Crippen MR) is 111 cm³/mol. The molecule has 0 amide bonds. The summed E-state index contributed by atoms with van der Waals surface area (Å²) in [5.74, 6) is 2.54. The molecule has 1 atom stereocenters. The molecule has 1 aromatic heterocycles. The lowest BCUT2D eigenvalue weighted by Gasteiger charge is -2.20. The minimum atomic E-state index is 0.298. The molecule has 1 aromatic carbocycles. The van der Waals surface area contributed by atoms with Gasteiger partial charge < -0.3 is 20.3 Å². The zero-order valence-electron chi connectivity index (χ0n) is 15.8. The van der Waals surface area contributed by atoms with E-state index >= 15 is 0 Å². The Labute approximate surface area is 165 Å². The van der Waals surface area contributed by atoms with E-state index in [4.69, 9.17) is 16.3 Å². The number of aromatic nitrogens is 1. The van der Waals surface area contributed by atoms with Gasteiger partial charge in [-0.2, -0.15) is 0 Å². The SMILES string of the molecule is CN=C(NCCOc1ccccc1C)NC1CCN(c2ncccc2Cl)C1. The number of hydrogen-bond donors (Lipinski definition) is 2. The van der Waals surface area contributed by atoms with Crippen LogP contribution in [0.25, 0.3) is 0 Å². The van der Waals surface area contributed by atoms with Crippen LogP contribution in [0.5, 0.6) is 5.75 Å². The van der Waals surface area contributed by atoms with Crippen LogP contribution in [0.15, 0.2) is 47.6 Å². The Hall–Kier alpha value is -2.47. The first-order valence-electron chi connectivity index (χ1n) is 9.18. The molecule has 2 aromatic rings. The summed E-state index contributed by atoms with van der Waals surface area (Å²) >= 11 is 6.26. The molecule has 0 bridgehead atoms. The first-order chi connectivity index (χ1) is 13.2. The molecule has 144 valence electrons. The number of rotatable bonds is 6. The van der Waals surface area contributed by atoms with Gasteiger partial charge >= 0.3 is 0 Å². The lowest BCUT2D eigenvalue weighted by Crippen LogP contribution is -2.45. The van der Waals surface area contributed by atoms with Crippen LogP contribution < -0.4 is 20.3 Å². The van der Waals surface area contributed by atoms with E-state index in [0.717, 1.165) is 42.6 Å². The van der Waals surface area contributed by atoms with Gasteiger partial charge in [0.05, 0.1) is 11.6 Å². The average molecular weight is 388 g/mol. The highest BCUT2D eigenvalue weighted by molar-refractivity contribution is 6.32. The highest BCUT2D eigenvalue weighted by Gasteiger charge is 2.25. The van der Waals surface area contributed by atoms with Gasteiger partial charge in [0.1, 0.15) is 18.2 Å². The number of anilines is 1. The van der Waals surface area contributed by atoms with Gasteiger partial charge in [-0.25, -0.2) is 4.98 Å². The fourth-order valence-corrected chi connectivity index (χ4v) is 3.36. The maximum absolute atomic E-state index is 6.26. The quantitative estimate of drug-likeness (QED) is 0.453. The van der Waals surface area contributed by atoms with Crippen LogP contribution in [0.2, 0.25) is 5.02 Å². The van der Waals surface area contributed by atoms with Crippen molar-refractivity contribution in [3.8, 4) is 5.75 Å². The number of para-hydroxylation sites is 1. The van der Waals surface area contributed by atoms with E-state index in [1.165, 1.54) is 0 Å². The van der Waals surface area contributed by atoms with Crippen molar-refractivity contribution in [2.75, 3.05) is 38.2 Å². The Kier molecular flexibility index (Phi) is 6.76. The van der Waals surface area contributed by atoms with Crippen LogP contribution in [0.4, 0.5) is 5.82 Å². The number of hydrogen-bond acceptors (Lipinski definition) is 4. The summed E-state index contributed by atoms with van der Waals surface area (Å²) in [6.45, 7) is 5.06. The predicted octanol–water partition coefficient (Wildman–Crippen LogP) is 2.87. The number of nitrogens with one attached hydrogen (secondary N) is 2. The van der Waals surface area contributed by atoms with Crippen molar-refractivity contribution in [1.29, 1.82) is 0 Å². The van der Waals surface area contributed by atoms with Crippen molar-refractivity contribution in [3.63, 3.8) is 0 Å². The highest BCUT2D eigenvalue weighted by atomic mass is 35.5. The number of pyridine rings is 1. The van der Waals surface area contributed by atoms with Crippen molar-refractivity contribution in [3.05, 3.63) is 53.2 Å². The van der Waals surface area contributed by atoms with Gasteiger partial charge in [0, 0.05) is 32.4 Å². The van der Waals surface area contributed by atoms with Gasteiger partial charge in [-0.1, -0.05) is 29.8 Å². The number of guanidine groups is 1. The molecule has 27 heavy (non-hydrogen) atoms. The normalized spacial score (nSPS) is 17.1. The Morgan fingerprint density at radius 1 is 1.33 bits per heavy atom. The van der Waals surface area contributed by atoms with Crippen LogP contribution in [0.3, 0.4) is 0 Å². The molecule has 2 N–H and O–H groups in total. The molecule has 1 aliphatic heterocycles. The van der Waals surface area contributed by atoms with Gasteiger partial charge in [-0.05, 0) is 37.1 Å². The molecule has 7 heteroatoms. The largest absolute Gasteiger partial charge is 0.491 e. The van der Waals surface area contributed by atoms with Gasteiger partial charge in [0.2, 0.25) is 0 Å². The van der Waals surface area contributed by atoms with E-state index in [9.17, 15) is 0 Å². The van der Waals surface area contributed by atoms with E-state index in [-0.39, 0.29) is 0 Å². The summed E-state index contributed by atoms with van der Waals surface area (Å²) in [6, 6.07) is 12.0. The highest BCUT2D eigenvalue weighted by Crippen LogP contribution is 2.25. The minimum Gasteiger partial charge on any atom is -0.491 e. The fourth-order valence-electron chi connectivity index (χ4n) is 3.12. The van der Waals surface area contributed by atoms with E-state index in [1.807, 2.05) is 43.3 Å². The van der Waals surface area contributed by atoms with Gasteiger partial charge in [0.15, 0.2) is 5.96 Å². The summed E-state index contributed by atoms with van der Waals surface area (Å²) in [6.07, 6.45) is 2.78. The van der Waals surface area contributed by atoms with Crippen LogP contribution >= 0.6 is 11.6 Å². The summed E-state index contributed by atoms with van der Waals surface area (Å²) in [5.41, 5.74) is 1.14.